The van der Waals surface area contributed by atoms with Crippen molar-refractivity contribution in [2.24, 2.45) is 5.41 Å². The molecule has 1 saturated carbocycles. The van der Waals surface area contributed by atoms with Gasteiger partial charge in [0.1, 0.15) is 12.1 Å². The fraction of sp³-hybridized carbons (Fsp3) is 0.412. The molecule has 7 nitrogen and oxygen atoms in total. The highest BCUT2D eigenvalue weighted by molar-refractivity contribution is 7.13. The molecule has 0 radical (unpaired) electrons. The average molecular weight is 350 g/mol. The van der Waals surface area contributed by atoms with Crippen molar-refractivity contribution in [1.82, 2.24) is 15.0 Å². The summed E-state index contributed by atoms with van der Waals surface area (Å²) in [5, 5.41) is 23.8. The Morgan fingerprint density at radius 3 is 2.68 bits per heavy atom. The number of fused-ring (bicyclic) bond motifs is 5. The molecule has 1 fully saturated rings. The van der Waals surface area contributed by atoms with Gasteiger partial charge in [-0.15, -0.1) is 11.3 Å². The van der Waals surface area contributed by atoms with E-state index in [2.05, 4.69) is 20.3 Å². The standard InChI is InChI=1S/C17H14N6OS/c1-16(2)9-3-4-17(16,14(24)23-15-20-5-6-25-15)13-12(9)21-10(7-18)11(8-19)22-13/h5-6,9H,3-4H2,1-2H3,(H,20,23,24). The van der Waals surface area contributed by atoms with Crippen LogP contribution in [0, 0.1) is 28.1 Å². The molecule has 0 aromatic carbocycles. The van der Waals surface area contributed by atoms with Crippen LogP contribution in [0.15, 0.2) is 11.6 Å². The first-order valence-corrected chi connectivity index (χ1v) is 8.77. The van der Waals surface area contributed by atoms with Crippen molar-refractivity contribution in [3.8, 4) is 12.1 Å². The number of rotatable bonds is 2. The van der Waals surface area contributed by atoms with Crippen molar-refractivity contribution in [2.75, 3.05) is 5.32 Å². The lowest BCUT2D eigenvalue weighted by atomic mass is 9.67. The number of hydrogen-bond acceptors (Lipinski definition) is 7. The quantitative estimate of drug-likeness (QED) is 0.889. The number of thiazole rings is 1. The molecule has 2 unspecified atom stereocenters. The molecule has 124 valence electrons. The van der Waals surface area contributed by atoms with Crippen LogP contribution in [0.25, 0.3) is 0 Å². The van der Waals surface area contributed by atoms with Crippen LogP contribution in [0.2, 0.25) is 0 Å². The second-order valence-corrected chi connectivity index (χ2v) is 7.78. The van der Waals surface area contributed by atoms with Crippen molar-refractivity contribution >= 4 is 22.4 Å². The molecule has 0 aliphatic heterocycles. The third-order valence-corrected chi connectivity index (χ3v) is 6.38. The molecule has 4 rings (SSSR count). The maximum Gasteiger partial charge on any atom is 0.239 e. The van der Waals surface area contributed by atoms with Crippen molar-refractivity contribution in [2.45, 2.75) is 38.0 Å². The topological polar surface area (TPSA) is 115 Å². The highest BCUT2D eigenvalue weighted by atomic mass is 32.1. The largest absolute Gasteiger partial charge is 0.301 e. The van der Waals surface area contributed by atoms with Crippen LogP contribution in [-0.4, -0.2) is 20.9 Å². The molecule has 2 atom stereocenters. The van der Waals surface area contributed by atoms with Crippen LogP contribution in [0.1, 0.15) is 55.4 Å². The summed E-state index contributed by atoms with van der Waals surface area (Å²) in [6, 6.07) is 3.86. The van der Waals surface area contributed by atoms with E-state index in [1.54, 1.807) is 11.6 Å². The third-order valence-electron chi connectivity index (χ3n) is 5.69. The lowest BCUT2D eigenvalue weighted by molar-refractivity contribution is -0.124. The van der Waals surface area contributed by atoms with E-state index in [9.17, 15) is 15.3 Å². The molecular formula is C17H14N6OS. The van der Waals surface area contributed by atoms with Gasteiger partial charge in [0.05, 0.1) is 16.8 Å². The van der Waals surface area contributed by atoms with Crippen LogP contribution in [-0.2, 0) is 10.2 Å². The first-order chi connectivity index (χ1) is 12.0. The number of hydrogen-bond donors (Lipinski definition) is 1. The van der Waals surface area contributed by atoms with Gasteiger partial charge in [-0.2, -0.15) is 10.5 Å². The summed E-state index contributed by atoms with van der Waals surface area (Å²) >= 11 is 1.35. The van der Waals surface area contributed by atoms with Crippen LogP contribution < -0.4 is 5.32 Å². The van der Waals surface area contributed by atoms with Gasteiger partial charge in [0.15, 0.2) is 16.5 Å². The Morgan fingerprint density at radius 2 is 2.04 bits per heavy atom. The first kappa shape index (κ1) is 15.7. The summed E-state index contributed by atoms with van der Waals surface area (Å²) < 4.78 is 0. The summed E-state index contributed by atoms with van der Waals surface area (Å²) in [5.41, 5.74) is -0.0477. The predicted octanol–water partition coefficient (Wildman–Crippen LogP) is 2.47. The van der Waals surface area contributed by atoms with E-state index < -0.39 is 10.8 Å². The number of aromatic nitrogens is 3. The molecular weight excluding hydrogens is 336 g/mol. The molecule has 0 saturated heterocycles. The summed E-state index contributed by atoms with van der Waals surface area (Å²) in [6.07, 6.45) is 3.08. The Balaban J connectivity index is 1.90. The first-order valence-electron chi connectivity index (χ1n) is 7.89. The lowest BCUT2D eigenvalue weighted by Crippen LogP contribution is -2.46. The highest BCUT2D eigenvalue weighted by Gasteiger charge is 2.68. The smallest absolute Gasteiger partial charge is 0.239 e. The van der Waals surface area contributed by atoms with E-state index in [1.165, 1.54) is 11.3 Å². The van der Waals surface area contributed by atoms with Crippen molar-refractivity contribution in [3.05, 3.63) is 34.4 Å². The van der Waals surface area contributed by atoms with Gasteiger partial charge < -0.3 is 5.32 Å². The number of amides is 1. The van der Waals surface area contributed by atoms with Crippen LogP contribution >= 0.6 is 11.3 Å². The summed E-state index contributed by atoms with van der Waals surface area (Å²) in [7, 11) is 0. The van der Waals surface area contributed by atoms with E-state index in [0.29, 0.717) is 22.9 Å². The maximum atomic E-state index is 13.3. The van der Waals surface area contributed by atoms with Gasteiger partial charge in [-0.3, -0.25) is 4.79 Å². The average Bonchev–Trinajstić information content (AvgIpc) is 3.24. The second-order valence-electron chi connectivity index (χ2n) is 6.89. The van der Waals surface area contributed by atoms with Gasteiger partial charge in [-0.1, -0.05) is 13.8 Å². The zero-order chi connectivity index (χ0) is 17.8. The predicted molar refractivity (Wildman–Crippen MR) is 89.6 cm³/mol. The molecule has 1 amide bonds. The molecule has 1 N–H and O–H groups in total. The summed E-state index contributed by atoms with van der Waals surface area (Å²) in [6.45, 7) is 4.07. The van der Waals surface area contributed by atoms with E-state index in [-0.39, 0.29) is 23.2 Å². The third kappa shape index (κ3) is 1.83. The normalized spacial score (nSPS) is 25.0. The van der Waals surface area contributed by atoms with E-state index in [4.69, 9.17) is 0 Å². The van der Waals surface area contributed by atoms with Crippen molar-refractivity contribution < 1.29 is 4.79 Å². The van der Waals surface area contributed by atoms with Gasteiger partial charge >= 0.3 is 0 Å². The summed E-state index contributed by atoms with van der Waals surface area (Å²) in [4.78, 5) is 26.2. The monoisotopic (exact) mass is 350 g/mol. The van der Waals surface area contributed by atoms with E-state index >= 15 is 0 Å². The number of carbonyl (C=O) groups excluding carboxylic acids is 1. The lowest BCUT2D eigenvalue weighted by Gasteiger charge is -2.35. The fourth-order valence-corrected chi connectivity index (χ4v) is 4.93. The van der Waals surface area contributed by atoms with Crippen LogP contribution in [0.3, 0.4) is 0 Å². The minimum Gasteiger partial charge on any atom is -0.301 e. The molecule has 2 aromatic rings. The minimum atomic E-state index is -0.870. The second kappa shape index (κ2) is 5.08. The zero-order valence-corrected chi connectivity index (χ0v) is 14.5. The van der Waals surface area contributed by atoms with Gasteiger partial charge in [0, 0.05) is 17.5 Å². The summed E-state index contributed by atoms with van der Waals surface area (Å²) in [5.74, 6) is -0.131. The number of anilines is 1. The Morgan fingerprint density at radius 1 is 1.32 bits per heavy atom. The molecule has 2 heterocycles. The van der Waals surface area contributed by atoms with Crippen molar-refractivity contribution in [1.29, 1.82) is 10.5 Å². The SMILES string of the molecule is CC1(C)C2CCC1(C(=O)Nc1nccs1)c1nc(C#N)c(C#N)nc12. The Hall–Kier alpha value is -2.84. The molecule has 2 aromatic heterocycles. The van der Waals surface area contributed by atoms with Gasteiger partial charge in [0.25, 0.3) is 0 Å². The zero-order valence-electron chi connectivity index (χ0n) is 13.7. The number of nitrogens with one attached hydrogen (secondary N) is 1. The molecule has 25 heavy (non-hydrogen) atoms. The highest BCUT2D eigenvalue weighted by Crippen LogP contribution is 2.67. The van der Waals surface area contributed by atoms with Crippen LogP contribution in [0.4, 0.5) is 5.13 Å². The number of carbonyl (C=O) groups is 1. The maximum absolute atomic E-state index is 13.3. The van der Waals surface area contributed by atoms with E-state index in [0.717, 1.165) is 6.42 Å². The Kier molecular flexibility index (Phi) is 3.18. The molecule has 8 heteroatoms. The Bertz CT molecular complexity index is 968. The molecule has 2 aliphatic rings. The number of nitrogens with zero attached hydrogens (tertiary/aromatic N) is 5. The van der Waals surface area contributed by atoms with Crippen molar-refractivity contribution in [3.63, 3.8) is 0 Å². The van der Waals surface area contributed by atoms with E-state index in [1.807, 2.05) is 26.0 Å². The van der Waals surface area contributed by atoms with Gasteiger partial charge in [-0.05, 0) is 18.3 Å². The van der Waals surface area contributed by atoms with Gasteiger partial charge in [-0.25, -0.2) is 15.0 Å². The molecule has 0 spiro atoms. The number of nitriles is 2. The van der Waals surface area contributed by atoms with Crippen LogP contribution in [0.5, 0.6) is 0 Å². The fourth-order valence-electron chi connectivity index (χ4n) is 4.41. The molecule has 2 aliphatic carbocycles. The Labute approximate surface area is 148 Å². The molecule has 2 bridgehead atoms. The minimum absolute atomic E-state index is 0.0222. The van der Waals surface area contributed by atoms with Gasteiger partial charge in [0.2, 0.25) is 5.91 Å².